The maximum Gasteiger partial charge on any atom is 0.356 e. The van der Waals surface area contributed by atoms with Crippen LogP contribution in [-0.4, -0.2) is 65.1 Å². The van der Waals surface area contributed by atoms with E-state index in [1.165, 1.54) is 5.69 Å². The van der Waals surface area contributed by atoms with E-state index >= 15 is 0 Å². The molecule has 1 aromatic carbocycles. The number of hydrogen-bond donors (Lipinski definition) is 1. The van der Waals surface area contributed by atoms with Crippen LogP contribution >= 0.6 is 0 Å². The van der Waals surface area contributed by atoms with Gasteiger partial charge in [0.15, 0.2) is 5.69 Å². The van der Waals surface area contributed by atoms with Crippen molar-refractivity contribution >= 4 is 11.7 Å². The van der Waals surface area contributed by atoms with Crippen molar-refractivity contribution in [2.24, 2.45) is 0 Å². The smallest absolute Gasteiger partial charge is 0.356 e. The number of aromatic carboxylic acids is 1. The first-order valence-electron chi connectivity index (χ1n) is 10.1. The van der Waals surface area contributed by atoms with Gasteiger partial charge in [-0.15, -0.1) is 0 Å². The number of aromatic nitrogens is 2. The molecule has 1 saturated heterocycles. The normalized spacial score (nSPS) is 20.1. The molecule has 1 aliphatic carbocycles. The van der Waals surface area contributed by atoms with Crippen molar-refractivity contribution in [1.29, 1.82) is 0 Å². The van der Waals surface area contributed by atoms with Gasteiger partial charge in [-0.25, -0.2) is 4.79 Å². The predicted molar refractivity (Wildman–Crippen MR) is 107 cm³/mol. The molecule has 1 aliphatic heterocycles. The van der Waals surface area contributed by atoms with Crippen LogP contribution in [0.25, 0.3) is 0 Å². The monoisotopic (exact) mass is 384 g/mol. The molecule has 7 nitrogen and oxygen atoms in total. The van der Waals surface area contributed by atoms with E-state index in [0.717, 1.165) is 69.0 Å². The fraction of sp³-hybridized carbons (Fsp3) is 0.524. The Bertz CT molecular complexity index is 855. The summed E-state index contributed by atoms with van der Waals surface area (Å²) in [5, 5.41) is 13.9. The average molecular weight is 384 g/mol. The fourth-order valence-electron chi connectivity index (χ4n) is 4.57. The lowest BCUT2D eigenvalue weighted by Gasteiger charge is -2.41. The zero-order chi connectivity index (χ0) is 19.7. The molecule has 150 valence electrons. The minimum atomic E-state index is -0.910. The summed E-state index contributed by atoms with van der Waals surface area (Å²) in [5.41, 5.74) is 3.51. The van der Waals surface area contributed by atoms with E-state index in [0.29, 0.717) is 6.04 Å². The first-order valence-corrected chi connectivity index (χ1v) is 10.1. The maximum atomic E-state index is 11.6. The number of carboxylic acid groups (broad SMARTS) is 1. The summed E-state index contributed by atoms with van der Waals surface area (Å²) in [6, 6.07) is 8.61. The molecule has 2 aromatic rings. The first kappa shape index (κ1) is 18.8. The lowest BCUT2D eigenvalue weighted by Crippen LogP contribution is -2.51. The van der Waals surface area contributed by atoms with Crippen LogP contribution in [0, 0.1) is 0 Å². The van der Waals surface area contributed by atoms with Crippen LogP contribution in [0.3, 0.4) is 0 Å². The highest BCUT2D eigenvalue weighted by molar-refractivity contribution is 5.87. The third-order valence-electron chi connectivity index (χ3n) is 6.07. The number of aryl methyl sites for hydroxylation is 1. The number of rotatable bonds is 5. The van der Waals surface area contributed by atoms with E-state index in [1.807, 2.05) is 23.7 Å². The minimum absolute atomic E-state index is 0.247. The van der Waals surface area contributed by atoms with Crippen molar-refractivity contribution in [2.75, 3.05) is 38.2 Å². The van der Waals surface area contributed by atoms with Crippen molar-refractivity contribution in [3.05, 3.63) is 41.2 Å². The van der Waals surface area contributed by atoms with Crippen molar-refractivity contribution in [1.82, 2.24) is 14.7 Å². The van der Waals surface area contributed by atoms with Crippen molar-refractivity contribution in [3.8, 4) is 5.75 Å². The number of hydrogen-bond acceptors (Lipinski definition) is 5. The SMILES string of the molecule is CCn1nc(C(=O)O)c2c1CCC(N1CCN(c3cccc(OC)c3)CC1)C2. The van der Waals surface area contributed by atoms with Crippen LogP contribution in [0.4, 0.5) is 5.69 Å². The lowest BCUT2D eigenvalue weighted by molar-refractivity contribution is 0.0687. The summed E-state index contributed by atoms with van der Waals surface area (Å²) in [7, 11) is 1.69. The molecule has 1 N–H and O–H groups in total. The van der Waals surface area contributed by atoms with Crippen LogP contribution in [-0.2, 0) is 19.4 Å². The molecule has 1 unspecified atom stereocenters. The van der Waals surface area contributed by atoms with E-state index in [4.69, 9.17) is 4.74 Å². The van der Waals surface area contributed by atoms with Crippen molar-refractivity contribution < 1.29 is 14.6 Å². The summed E-state index contributed by atoms with van der Waals surface area (Å²) < 4.78 is 7.21. The summed E-state index contributed by atoms with van der Waals surface area (Å²) in [5.74, 6) is -0.0270. The molecule has 1 fully saturated rings. The number of piperazine rings is 1. The fourth-order valence-corrected chi connectivity index (χ4v) is 4.57. The van der Waals surface area contributed by atoms with Gasteiger partial charge in [0.1, 0.15) is 5.75 Å². The molecule has 4 rings (SSSR count). The van der Waals surface area contributed by atoms with E-state index < -0.39 is 5.97 Å². The molecule has 0 saturated carbocycles. The largest absolute Gasteiger partial charge is 0.497 e. The number of methoxy groups -OCH3 is 1. The van der Waals surface area contributed by atoms with Crippen LogP contribution in [0.2, 0.25) is 0 Å². The number of carboxylic acids is 1. The van der Waals surface area contributed by atoms with Gasteiger partial charge in [-0.1, -0.05) is 6.07 Å². The second-order valence-electron chi connectivity index (χ2n) is 7.52. The standard InChI is InChI=1S/C21H28N4O3/c1-3-25-19-8-7-16(14-18(19)20(22-25)21(26)27)24-11-9-23(10-12-24)15-5-4-6-17(13-15)28-2/h4-6,13,16H,3,7-12,14H2,1-2H3,(H,26,27). The molecular weight excluding hydrogens is 356 g/mol. The zero-order valence-electron chi connectivity index (χ0n) is 16.6. The highest BCUT2D eigenvalue weighted by Gasteiger charge is 2.32. The Morgan fingerprint density at radius 2 is 2.07 bits per heavy atom. The number of nitrogens with zero attached hydrogens (tertiary/aromatic N) is 4. The Hall–Kier alpha value is -2.54. The Morgan fingerprint density at radius 1 is 1.29 bits per heavy atom. The van der Waals surface area contributed by atoms with Crippen molar-refractivity contribution in [2.45, 2.75) is 38.8 Å². The van der Waals surface area contributed by atoms with E-state index in [2.05, 4.69) is 27.0 Å². The van der Waals surface area contributed by atoms with E-state index in [-0.39, 0.29) is 5.69 Å². The van der Waals surface area contributed by atoms with E-state index in [9.17, 15) is 9.90 Å². The Labute approximate surface area is 165 Å². The molecule has 0 bridgehead atoms. The Morgan fingerprint density at radius 3 is 2.75 bits per heavy atom. The number of ether oxygens (including phenoxy) is 1. The minimum Gasteiger partial charge on any atom is -0.497 e. The highest BCUT2D eigenvalue weighted by Crippen LogP contribution is 2.29. The molecule has 0 spiro atoms. The van der Waals surface area contributed by atoms with E-state index in [1.54, 1.807) is 7.11 Å². The third-order valence-corrected chi connectivity index (χ3v) is 6.07. The number of benzene rings is 1. The number of fused-ring (bicyclic) bond motifs is 1. The Kier molecular flexibility index (Phi) is 5.26. The highest BCUT2D eigenvalue weighted by atomic mass is 16.5. The van der Waals surface area contributed by atoms with Gasteiger partial charge in [0, 0.05) is 61.8 Å². The van der Waals surface area contributed by atoms with Gasteiger partial charge in [0.2, 0.25) is 0 Å². The molecule has 28 heavy (non-hydrogen) atoms. The summed E-state index contributed by atoms with van der Waals surface area (Å²) >= 11 is 0. The van der Waals surface area contributed by atoms with Gasteiger partial charge in [-0.2, -0.15) is 5.10 Å². The number of carbonyl (C=O) groups is 1. The second kappa shape index (κ2) is 7.83. The molecule has 2 heterocycles. The average Bonchev–Trinajstić information content (AvgIpc) is 3.12. The molecular formula is C21H28N4O3. The quantitative estimate of drug-likeness (QED) is 0.853. The summed E-state index contributed by atoms with van der Waals surface area (Å²) in [6.07, 6.45) is 2.76. The van der Waals surface area contributed by atoms with Crippen LogP contribution in [0.1, 0.15) is 35.1 Å². The molecule has 2 aliphatic rings. The molecule has 0 amide bonds. The Balaban J connectivity index is 1.43. The van der Waals surface area contributed by atoms with Gasteiger partial charge in [-0.05, 0) is 38.3 Å². The topological polar surface area (TPSA) is 70.8 Å². The number of anilines is 1. The van der Waals surface area contributed by atoms with Crippen LogP contribution in [0.15, 0.2) is 24.3 Å². The lowest BCUT2D eigenvalue weighted by atomic mass is 9.90. The molecule has 1 aromatic heterocycles. The van der Waals surface area contributed by atoms with Gasteiger partial charge < -0.3 is 14.7 Å². The van der Waals surface area contributed by atoms with Gasteiger partial charge >= 0.3 is 5.97 Å². The first-order chi connectivity index (χ1) is 13.6. The van der Waals surface area contributed by atoms with Crippen LogP contribution in [0.5, 0.6) is 5.75 Å². The van der Waals surface area contributed by atoms with Gasteiger partial charge in [-0.3, -0.25) is 9.58 Å². The van der Waals surface area contributed by atoms with Crippen LogP contribution < -0.4 is 9.64 Å². The molecule has 0 radical (unpaired) electrons. The maximum absolute atomic E-state index is 11.6. The summed E-state index contributed by atoms with van der Waals surface area (Å²) in [4.78, 5) is 16.5. The zero-order valence-corrected chi connectivity index (χ0v) is 16.6. The summed E-state index contributed by atoms with van der Waals surface area (Å²) in [6.45, 7) is 6.65. The second-order valence-corrected chi connectivity index (χ2v) is 7.52. The third kappa shape index (κ3) is 3.46. The molecule has 7 heteroatoms. The van der Waals surface area contributed by atoms with Crippen molar-refractivity contribution in [3.63, 3.8) is 0 Å². The predicted octanol–water partition coefficient (Wildman–Crippen LogP) is 2.29. The van der Waals surface area contributed by atoms with Gasteiger partial charge in [0.25, 0.3) is 0 Å². The van der Waals surface area contributed by atoms with Gasteiger partial charge in [0.05, 0.1) is 7.11 Å². The molecule has 1 atom stereocenters.